The molecule has 4 nitrogen and oxygen atoms in total. The average Bonchev–Trinajstić information content (AvgIpc) is 2.73. The molecule has 2 aromatic rings. The number of piperidine rings is 1. The van der Waals surface area contributed by atoms with Crippen molar-refractivity contribution in [1.29, 1.82) is 0 Å². The lowest BCUT2D eigenvalue weighted by molar-refractivity contribution is -0.129. The van der Waals surface area contributed by atoms with E-state index in [1.807, 2.05) is 51.2 Å². The van der Waals surface area contributed by atoms with E-state index in [9.17, 15) is 4.79 Å². The van der Waals surface area contributed by atoms with Crippen LogP contribution in [0.15, 0.2) is 60.3 Å². The molecule has 4 heteroatoms. The highest BCUT2D eigenvalue weighted by Gasteiger charge is 2.32. The van der Waals surface area contributed by atoms with E-state index in [-0.39, 0.29) is 11.9 Å². The smallest absolute Gasteiger partial charge is 0.225 e. The molecule has 1 N–H and O–H groups in total. The standard InChI is InChI=1S/C26H35N3O/c1-20(18-21-10-6-5-7-11-21)19-29-16-13-22(14-17-29)24(23-12-8-9-15-27-23)28-25(30)26(2,3)4/h5-12,15,18,22,24H,13-14,16-17,19H2,1-4H3,(H,28,30)/b20-18+. The molecule has 1 aromatic heterocycles. The molecule has 0 radical (unpaired) electrons. The molecule has 1 aromatic carbocycles. The van der Waals surface area contributed by atoms with Gasteiger partial charge in [0.15, 0.2) is 0 Å². The molecule has 2 heterocycles. The number of carbonyl (C=O) groups is 1. The minimum absolute atomic E-state index is 0.0268. The highest BCUT2D eigenvalue weighted by molar-refractivity contribution is 5.81. The van der Waals surface area contributed by atoms with Crippen molar-refractivity contribution >= 4 is 12.0 Å². The summed E-state index contributed by atoms with van der Waals surface area (Å²) < 4.78 is 0. The zero-order valence-electron chi connectivity index (χ0n) is 18.8. The fraction of sp³-hybridized carbons (Fsp3) is 0.462. The molecule has 160 valence electrons. The molecular weight excluding hydrogens is 370 g/mol. The van der Waals surface area contributed by atoms with E-state index >= 15 is 0 Å². The lowest BCUT2D eigenvalue weighted by atomic mass is 9.85. The van der Waals surface area contributed by atoms with Crippen LogP contribution in [0.2, 0.25) is 0 Å². The average molecular weight is 406 g/mol. The quantitative estimate of drug-likeness (QED) is 0.727. The first-order chi connectivity index (χ1) is 14.3. The number of carbonyl (C=O) groups excluding carboxylic acids is 1. The molecule has 3 rings (SSSR count). The third kappa shape index (κ3) is 6.27. The van der Waals surface area contributed by atoms with Crippen LogP contribution in [-0.2, 0) is 4.79 Å². The summed E-state index contributed by atoms with van der Waals surface area (Å²) in [5.41, 5.74) is 3.19. The highest BCUT2D eigenvalue weighted by Crippen LogP contribution is 2.31. The second-order valence-electron chi connectivity index (χ2n) is 9.47. The zero-order chi connectivity index (χ0) is 21.6. The van der Waals surface area contributed by atoms with Crippen LogP contribution in [0.3, 0.4) is 0 Å². The molecular formula is C26H35N3O. The van der Waals surface area contributed by atoms with Crippen LogP contribution in [0.1, 0.15) is 57.8 Å². The largest absolute Gasteiger partial charge is 0.347 e. The third-order valence-electron chi connectivity index (χ3n) is 5.76. The van der Waals surface area contributed by atoms with E-state index < -0.39 is 5.41 Å². The van der Waals surface area contributed by atoms with Crippen LogP contribution in [-0.4, -0.2) is 35.4 Å². The van der Waals surface area contributed by atoms with Crippen LogP contribution < -0.4 is 5.32 Å². The Hall–Kier alpha value is -2.46. The summed E-state index contributed by atoms with van der Waals surface area (Å²) in [5.74, 6) is 0.489. The van der Waals surface area contributed by atoms with Gasteiger partial charge < -0.3 is 5.32 Å². The second kappa shape index (κ2) is 10.0. The zero-order valence-corrected chi connectivity index (χ0v) is 18.8. The topological polar surface area (TPSA) is 45.2 Å². The van der Waals surface area contributed by atoms with Gasteiger partial charge in [0.2, 0.25) is 5.91 Å². The van der Waals surface area contributed by atoms with E-state index in [1.165, 1.54) is 11.1 Å². The predicted octanol–water partition coefficient (Wildman–Crippen LogP) is 5.10. The van der Waals surface area contributed by atoms with E-state index in [1.54, 1.807) is 0 Å². The molecule has 30 heavy (non-hydrogen) atoms. The van der Waals surface area contributed by atoms with Crippen LogP contribution in [0.25, 0.3) is 6.08 Å². The van der Waals surface area contributed by atoms with Gasteiger partial charge in [-0.3, -0.25) is 14.7 Å². The van der Waals surface area contributed by atoms with E-state index in [2.05, 4.69) is 52.5 Å². The molecule has 1 fully saturated rings. The maximum Gasteiger partial charge on any atom is 0.225 e. The number of pyridine rings is 1. The Morgan fingerprint density at radius 2 is 1.80 bits per heavy atom. The van der Waals surface area contributed by atoms with E-state index in [4.69, 9.17) is 0 Å². The van der Waals surface area contributed by atoms with Gasteiger partial charge in [0, 0.05) is 18.2 Å². The van der Waals surface area contributed by atoms with E-state index in [0.29, 0.717) is 5.92 Å². The summed E-state index contributed by atoms with van der Waals surface area (Å²) in [6, 6.07) is 16.4. The molecule has 0 saturated carbocycles. The Labute approximate surface area is 181 Å². The molecule has 1 unspecified atom stereocenters. The van der Waals surface area contributed by atoms with Crippen molar-refractivity contribution < 1.29 is 4.79 Å². The number of hydrogen-bond acceptors (Lipinski definition) is 3. The fourth-order valence-corrected chi connectivity index (χ4v) is 4.03. The van der Waals surface area contributed by atoms with Gasteiger partial charge in [0.25, 0.3) is 0 Å². The number of nitrogens with one attached hydrogen (secondary N) is 1. The highest BCUT2D eigenvalue weighted by atomic mass is 16.2. The Morgan fingerprint density at radius 1 is 1.13 bits per heavy atom. The van der Waals surface area contributed by atoms with Gasteiger partial charge in [-0.25, -0.2) is 0 Å². The molecule has 1 aliphatic rings. The predicted molar refractivity (Wildman–Crippen MR) is 124 cm³/mol. The van der Waals surface area contributed by atoms with Crippen molar-refractivity contribution in [3.05, 3.63) is 71.6 Å². The summed E-state index contributed by atoms with van der Waals surface area (Å²) >= 11 is 0. The molecule has 1 aliphatic heterocycles. The third-order valence-corrected chi connectivity index (χ3v) is 5.76. The van der Waals surface area contributed by atoms with Crippen LogP contribution in [0.5, 0.6) is 0 Å². The van der Waals surface area contributed by atoms with Crippen LogP contribution >= 0.6 is 0 Å². The van der Waals surface area contributed by atoms with Gasteiger partial charge in [0.05, 0.1) is 11.7 Å². The SMILES string of the molecule is C/C(=C\c1ccccc1)CN1CCC(C(NC(=O)C(C)(C)C)c2ccccn2)CC1. The first-order valence-electron chi connectivity index (χ1n) is 11.0. The maximum atomic E-state index is 12.7. The van der Waals surface area contributed by atoms with Gasteiger partial charge >= 0.3 is 0 Å². The van der Waals surface area contributed by atoms with Gasteiger partial charge in [-0.2, -0.15) is 0 Å². The minimum atomic E-state index is -0.410. The van der Waals surface area contributed by atoms with Gasteiger partial charge in [-0.1, -0.05) is 68.8 Å². The first kappa shape index (κ1) is 22.2. The second-order valence-corrected chi connectivity index (χ2v) is 9.47. The Bertz CT molecular complexity index is 832. The lowest BCUT2D eigenvalue weighted by Gasteiger charge is -2.37. The number of amides is 1. The van der Waals surface area contributed by atoms with Crippen molar-refractivity contribution in [2.75, 3.05) is 19.6 Å². The van der Waals surface area contributed by atoms with Crippen molar-refractivity contribution in [2.24, 2.45) is 11.3 Å². The Kier molecular flexibility index (Phi) is 7.43. The van der Waals surface area contributed by atoms with Crippen LogP contribution in [0, 0.1) is 11.3 Å². The summed E-state index contributed by atoms with van der Waals surface area (Å²) in [6.07, 6.45) is 6.21. The Balaban J connectivity index is 1.63. The van der Waals surface area contributed by atoms with E-state index in [0.717, 1.165) is 38.2 Å². The monoisotopic (exact) mass is 405 g/mol. The minimum Gasteiger partial charge on any atom is -0.347 e. The normalized spacial score (nSPS) is 17.5. The summed E-state index contributed by atoms with van der Waals surface area (Å²) in [6.45, 7) is 11.2. The molecule has 1 atom stereocenters. The van der Waals surface area contributed by atoms with Crippen LogP contribution in [0.4, 0.5) is 0 Å². The van der Waals surface area contributed by atoms with Crippen molar-refractivity contribution in [3.63, 3.8) is 0 Å². The summed E-state index contributed by atoms with van der Waals surface area (Å²) in [7, 11) is 0. The number of hydrogen-bond donors (Lipinski definition) is 1. The van der Waals surface area contributed by atoms with Crippen molar-refractivity contribution in [1.82, 2.24) is 15.2 Å². The fourth-order valence-electron chi connectivity index (χ4n) is 4.03. The Morgan fingerprint density at radius 3 is 2.40 bits per heavy atom. The summed E-state index contributed by atoms with van der Waals surface area (Å²) in [5, 5.41) is 3.30. The number of likely N-dealkylation sites (tertiary alicyclic amines) is 1. The lowest BCUT2D eigenvalue weighted by Crippen LogP contribution is -2.44. The first-order valence-corrected chi connectivity index (χ1v) is 11.0. The molecule has 0 aliphatic carbocycles. The number of rotatable bonds is 6. The number of aromatic nitrogens is 1. The van der Waals surface area contributed by atoms with Gasteiger partial charge in [-0.05, 0) is 56.5 Å². The maximum absolute atomic E-state index is 12.7. The molecule has 0 bridgehead atoms. The number of benzene rings is 1. The van der Waals surface area contributed by atoms with Gasteiger partial charge in [-0.15, -0.1) is 0 Å². The molecule has 1 saturated heterocycles. The summed E-state index contributed by atoms with van der Waals surface area (Å²) in [4.78, 5) is 19.8. The van der Waals surface area contributed by atoms with Crippen molar-refractivity contribution in [3.8, 4) is 0 Å². The van der Waals surface area contributed by atoms with Gasteiger partial charge in [0.1, 0.15) is 0 Å². The molecule has 0 spiro atoms. The van der Waals surface area contributed by atoms with Crippen molar-refractivity contribution in [2.45, 2.75) is 46.6 Å². The number of nitrogens with zero attached hydrogens (tertiary/aromatic N) is 2. The molecule has 1 amide bonds.